The molecule has 0 spiro atoms. The van der Waals surface area contributed by atoms with Crippen molar-refractivity contribution in [2.75, 3.05) is 0 Å². The van der Waals surface area contributed by atoms with E-state index in [9.17, 15) is 0 Å². The Kier molecular flexibility index (Phi) is 1.19. The molecule has 1 aromatic rings. The van der Waals surface area contributed by atoms with E-state index < -0.39 is 0 Å². The zero-order chi connectivity index (χ0) is 5.28. The van der Waals surface area contributed by atoms with Crippen molar-refractivity contribution in [3.63, 3.8) is 0 Å². The van der Waals surface area contributed by atoms with Gasteiger partial charge < -0.3 is 0 Å². The maximum absolute atomic E-state index is 3.71. The molecule has 4 nitrogen and oxygen atoms in total. The van der Waals surface area contributed by atoms with Crippen molar-refractivity contribution < 1.29 is 19.4 Å². The van der Waals surface area contributed by atoms with Crippen molar-refractivity contribution in [1.82, 2.24) is 20.2 Å². The maximum atomic E-state index is 3.71. The molecule has 1 rings (SSSR count). The number of nitrogens with one attached hydrogen (secondary N) is 1. The fourth-order valence-electron chi connectivity index (χ4n) is 0.242. The molecule has 0 aliphatic carbocycles. The van der Waals surface area contributed by atoms with Gasteiger partial charge in [-0.15, -0.1) is 0 Å². The first kappa shape index (κ1) is 4.91. The Labute approximate surface area is 50.9 Å². The number of rotatable bonds is 0. The molecule has 7 heavy (non-hydrogen) atoms. The first-order valence-electron chi connectivity index (χ1n) is 1.75. The van der Waals surface area contributed by atoms with E-state index in [1.807, 2.05) is 7.05 Å². The molecule has 0 aromatic carbocycles. The molecule has 0 bridgehead atoms. The van der Waals surface area contributed by atoms with Crippen molar-refractivity contribution in [2.24, 2.45) is 7.05 Å². The molecule has 0 aliphatic rings. The van der Waals surface area contributed by atoms with Crippen molar-refractivity contribution in [3.05, 3.63) is 3.80 Å². The normalized spacial score (nSPS) is 9.29. The second-order valence-corrected chi connectivity index (χ2v) is 2.45. The summed E-state index contributed by atoms with van der Waals surface area (Å²) >= 11 is 1.33. The molecule has 1 heterocycles. The van der Waals surface area contributed by atoms with Crippen LogP contribution in [0, 0.1) is 3.80 Å². The molecule has 0 amide bonds. The van der Waals surface area contributed by atoms with Gasteiger partial charge in [0.15, 0.2) is 0 Å². The van der Waals surface area contributed by atoms with Crippen molar-refractivity contribution in [3.8, 4) is 0 Å². The van der Waals surface area contributed by atoms with Crippen LogP contribution in [-0.4, -0.2) is 20.2 Å². The molecule has 0 fully saturated rings. The Morgan fingerprint density at radius 1 is 1.86 bits per heavy atom. The third-order valence-electron chi connectivity index (χ3n) is 0.617. The van der Waals surface area contributed by atoms with Crippen molar-refractivity contribution >= 4 is 0 Å². The van der Waals surface area contributed by atoms with Crippen LogP contribution in [-0.2, 0) is 26.4 Å². The fraction of sp³-hybridized carbons (Fsp3) is 0.500. The zero-order valence-electron chi connectivity index (χ0n) is 3.75. The van der Waals surface area contributed by atoms with E-state index in [1.54, 1.807) is 4.68 Å². The Morgan fingerprint density at radius 3 is 2.71 bits per heavy atom. The van der Waals surface area contributed by atoms with Gasteiger partial charge in [-0.1, -0.05) is 0 Å². The molecule has 0 radical (unpaired) electrons. The summed E-state index contributed by atoms with van der Waals surface area (Å²) in [6.07, 6.45) is 0. The first-order valence-corrected chi connectivity index (χ1v) is 3.21. The number of nitrogens with zero attached hydrogens (tertiary/aromatic N) is 3. The van der Waals surface area contributed by atoms with E-state index >= 15 is 0 Å². The van der Waals surface area contributed by atoms with Crippen LogP contribution >= 0.6 is 0 Å². The molecule has 0 saturated carbocycles. The zero-order valence-corrected chi connectivity index (χ0v) is 6.68. The van der Waals surface area contributed by atoms with Gasteiger partial charge in [-0.2, -0.15) is 0 Å². The number of H-pyrrole nitrogens is 1. The van der Waals surface area contributed by atoms with Crippen LogP contribution in [0.3, 0.4) is 0 Å². The molecule has 1 N–H and O–H groups in total. The number of aromatic nitrogens is 4. The summed E-state index contributed by atoms with van der Waals surface area (Å²) in [5.74, 6) is 0. The number of hydrogen-bond acceptors (Lipinski definition) is 2. The Morgan fingerprint density at radius 2 is 2.57 bits per heavy atom. The van der Waals surface area contributed by atoms with E-state index in [1.165, 1.54) is 19.4 Å². The first-order chi connectivity index (χ1) is 3.30. The second kappa shape index (κ2) is 1.70. The summed E-state index contributed by atoms with van der Waals surface area (Å²) in [6.45, 7) is 0. The monoisotopic (exact) mass is 268 g/mol. The molecule has 5 heteroatoms. The van der Waals surface area contributed by atoms with Gasteiger partial charge in [0, 0.05) is 0 Å². The predicted octanol–water partition coefficient (Wildman–Crippen LogP) is -0.778. The summed E-state index contributed by atoms with van der Waals surface area (Å²) in [7, 11) is 1.88. The van der Waals surface area contributed by atoms with Crippen molar-refractivity contribution in [1.29, 1.82) is 0 Å². The minimum absolute atomic E-state index is 0.972. The quantitative estimate of drug-likeness (QED) is 0.671. The fourth-order valence-corrected chi connectivity index (χ4v) is 0.535. The third-order valence-corrected chi connectivity index (χ3v) is 1.89. The van der Waals surface area contributed by atoms with Crippen LogP contribution in [0.4, 0.5) is 0 Å². The van der Waals surface area contributed by atoms with E-state index in [4.69, 9.17) is 0 Å². The summed E-state index contributed by atoms with van der Waals surface area (Å²) in [5, 5.41) is 9.89. The Bertz CT molecular complexity index is 197. The summed E-state index contributed by atoms with van der Waals surface area (Å²) in [5.41, 5.74) is 0. The van der Waals surface area contributed by atoms with Gasteiger partial charge in [-0.05, 0) is 0 Å². The molecule has 0 saturated heterocycles. The van der Waals surface area contributed by atoms with Gasteiger partial charge in [-0.25, -0.2) is 0 Å². The number of hydrogen-bond donors (Lipinski definition) is 1. The molecule has 0 aliphatic heterocycles. The predicted molar refractivity (Wildman–Crippen MR) is 18.6 cm³/mol. The van der Waals surface area contributed by atoms with Gasteiger partial charge in [0.1, 0.15) is 0 Å². The van der Waals surface area contributed by atoms with Crippen molar-refractivity contribution in [2.45, 2.75) is 0 Å². The second-order valence-electron chi connectivity index (χ2n) is 1.14. The molecular formula is C2H4N4W. The third kappa shape index (κ3) is 0.854. The van der Waals surface area contributed by atoms with E-state index in [2.05, 4.69) is 15.5 Å². The van der Waals surface area contributed by atoms with Gasteiger partial charge in [-0.3, -0.25) is 0 Å². The molecular weight excluding hydrogens is 264 g/mol. The average molecular weight is 268 g/mol. The van der Waals surface area contributed by atoms with Crippen LogP contribution in [0.5, 0.6) is 0 Å². The van der Waals surface area contributed by atoms with Crippen LogP contribution < -0.4 is 0 Å². The number of tetrazole rings is 1. The van der Waals surface area contributed by atoms with E-state index in [0.717, 1.165) is 3.80 Å². The molecule has 1 aromatic heterocycles. The van der Waals surface area contributed by atoms with E-state index in [0.29, 0.717) is 0 Å². The van der Waals surface area contributed by atoms with Gasteiger partial charge in [0.05, 0.1) is 0 Å². The summed E-state index contributed by atoms with van der Waals surface area (Å²) in [6, 6.07) is 0. The Balaban J connectivity index is 3.39. The van der Waals surface area contributed by atoms with E-state index in [-0.39, 0.29) is 0 Å². The topological polar surface area (TPSA) is 46.5 Å². The standard InChI is InChI=1S/C2H4N4.W/c1-6-2-3-4-5-6;/h1H3,(H,3,5);. The van der Waals surface area contributed by atoms with Gasteiger partial charge in [0.25, 0.3) is 0 Å². The summed E-state index contributed by atoms with van der Waals surface area (Å²) in [4.78, 5) is 0. The van der Waals surface area contributed by atoms with Crippen LogP contribution in [0.1, 0.15) is 0 Å². The SMILES string of the molecule is Cn1[nH]nn[c]1=[W]. The van der Waals surface area contributed by atoms with Gasteiger partial charge >= 0.3 is 50.4 Å². The number of aromatic amines is 1. The molecule has 0 atom stereocenters. The number of aryl methyl sites for hydroxylation is 1. The molecule has 0 unspecified atom stereocenters. The minimum atomic E-state index is 0.972. The summed E-state index contributed by atoms with van der Waals surface area (Å²) < 4.78 is 2.75. The van der Waals surface area contributed by atoms with Gasteiger partial charge in [0.2, 0.25) is 0 Å². The molecule has 38 valence electrons. The van der Waals surface area contributed by atoms with Crippen LogP contribution in [0.15, 0.2) is 0 Å². The average Bonchev–Trinajstić information content (AvgIpc) is 1.91. The Hall–Kier alpha value is -0.242. The van der Waals surface area contributed by atoms with Crippen LogP contribution in [0.2, 0.25) is 0 Å². The van der Waals surface area contributed by atoms with Crippen LogP contribution in [0.25, 0.3) is 0 Å².